The summed E-state index contributed by atoms with van der Waals surface area (Å²) in [6.07, 6.45) is -2.63. The highest BCUT2D eigenvalue weighted by Gasteiger charge is 2.32. The molecule has 1 saturated heterocycles. The first kappa shape index (κ1) is 13.1. The quantitative estimate of drug-likeness (QED) is 0.340. The van der Waals surface area contributed by atoms with Crippen LogP contribution < -0.4 is 5.73 Å². The van der Waals surface area contributed by atoms with E-state index in [9.17, 15) is 13.2 Å². The molecule has 1 aliphatic heterocycles. The minimum absolute atomic E-state index is 0.00174. The summed E-state index contributed by atoms with van der Waals surface area (Å²) < 4.78 is 36.2. The van der Waals surface area contributed by atoms with Gasteiger partial charge in [0, 0.05) is 6.54 Å². The summed E-state index contributed by atoms with van der Waals surface area (Å²) in [5.41, 5.74) is 5.45. The van der Waals surface area contributed by atoms with Crippen LogP contribution in [0.1, 0.15) is 25.7 Å². The van der Waals surface area contributed by atoms with Crippen LogP contribution in [-0.4, -0.2) is 41.3 Å². The first-order valence-corrected chi connectivity index (χ1v) is 5.22. The summed E-state index contributed by atoms with van der Waals surface area (Å²) in [7, 11) is 0. The van der Waals surface area contributed by atoms with Gasteiger partial charge in [-0.2, -0.15) is 13.2 Å². The van der Waals surface area contributed by atoms with E-state index in [2.05, 4.69) is 5.16 Å². The standard InChI is InChI=1S/C9H16F3N3O/c10-9(11,12)4-6-15-5-2-1-3-7(15)8(13)14-16/h7,16H,1-6H2,(H2,13,14). The van der Waals surface area contributed by atoms with Gasteiger partial charge in [0.2, 0.25) is 0 Å². The Morgan fingerprint density at radius 3 is 2.69 bits per heavy atom. The maximum Gasteiger partial charge on any atom is 0.390 e. The highest BCUT2D eigenvalue weighted by molar-refractivity contribution is 5.85. The predicted molar refractivity (Wildman–Crippen MR) is 53.3 cm³/mol. The normalized spacial score (nSPS) is 24.7. The molecule has 0 saturated carbocycles. The summed E-state index contributed by atoms with van der Waals surface area (Å²) in [5, 5.41) is 11.4. The number of piperidine rings is 1. The zero-order valence-corrected chi connectivity index (χ0v) is 8.87. The number of nitrogens with zero attached hydrogens (tertiary/aromatic N) is 2. The Hall–Kier alpha value is -0.980. The maximum atomic E-state index is 12.1. The van der Waals surface area contributed by atoms with Crippen molar-refractivity contribution in [2.24, 2.45) is 10.9 Å². The number of amidine groups is 1. The Labute approximate surface area is 91.9 Å². The third-order valence-corrected chi connectivity index (χ3v) is 2.75. The molecule has 3 N–H and O–H groups in total. The zero-order chi connectivity index (χ0) is 12.2. The summed E-state index contributed by atoms with van der Waals surface area (Å²) in [4.78, 5) is 1.63. The topological polar surface area (TPSA) is 61.9 Å². The molecule has 7 heteroatoms. The van der Waals surface area contributed by atoms with Gasteiger partial charge in [-0.05, 0) is 19.4 Å². The molecule has 1 rings (SSSR count). The van der Waals surface area contributed by atoms with Crippen LogP contribution in [0.5, 0.6) is 0 Å². The van der Waals surface area contributed by atoms with Gasteiger partial charge in [-0.1, -0.05) is 11.6 Å². The Kier molecular flexibility index (Phi) is 4.40. The first-order chi connectivity index (χ1) is 7.44. The molecule has 1 atom stereocenters. The first-order valence-electron chi connectivity index (χ1n) is 5.22. The minimum atomic E-state index is -4.16. The van der Waals surface area contributed by atoms with E-state index in [4.69, 9.17) is 10.9 Å². The van der Waals surface area contributed by atoms with Crippen molar-refractivity contribution in [2.45, 2.75) is 37.9 Å². The number of nitrogens with two attached hydrogens (primary N) is 1. The van der Waals surface area contributed by atoms with E-state index in [1.807, 2.05) is 0 Å². The molecule has 16 heavy (non-hydrogen) atoms. The average molecular weight is 239 g/mol. The molecule has 0 aromatic rings. The van der Waals surface area contributed by atoms with Gasteiger partial charge >= 0.3 is 6.18 Å². The second-order valence-corrected chi connectivity index (χ2v) is 3.94. The van der Waals surface area contributed by atoms with Crippen molar-refractivity contribution in [3.8, 4) is 0 Å². The molecular formula is C9H16F3N3O. The van der Waals surface area contributed by atoms with Crippen LogP contribution in [0.4, 0.5) is 13.2 Å². The van der Waals surface area contributed by atoms with E-state index in [-0.39, 0.29) is 18.4 Å². The van der Waals surface area contributed by atoms with Crippen molar-refractivity contribution in [3.63, 3.8) is 0 Å². The van der Waals surface area contributed by atoms with Gasteiger partial charge in [0.25, 0.3) is 0 Å². The Morgan fingerprint density at radius 2 is 2.12 bits per heavy atom. The van der Waals surface area contributed by atoms with Crippen molar-refractivity contribution < 1.29 is 18.4 Å². The maximum absolute atomic E-state index is 12.1. The van der Waals surface area contributed by atoms with Gasteiger partial charge in [0.15, 0.2) is 5.84 Å². The molecule has 0 aromatic carbocycles. The van der Waals surface area contributed by atoms with E-state index in [0.29, 0.717) is 13.0 Å². The van der Waals surface area contributed by atoms with Crippen LogP contribution in [0, 0.1) is 0 Å². The molecule has 0 aromatic heterocycles. The van der Waals surface area contributed by atoms with Crippen LogP contribution in [0.2, 0.25) is 0 Å². The van der Waals surface area contributed by atoms with E-state index in [0.717, 1.165) is 12.8 Å². The van der Waals surface area contributed by atoms with Crippen LogP contribution in [0.15, 0.2) is 5.16 Å². The fraction of sp³-hybridized carbons (Fsp3) is 0.889. The molecule has 0 aliphatic carbocycles. The number of hydrogen-bond donors (Lipinski definition) is 2. The largest absolute Gasteiger partial charge is 0.409 e. The third-order valence-electron chi connectivity index (χ3n) is 2.75. The summed E-state index contributed by atoms with van der Waals surface area (Å²) in [6.45, 7) is 0.474. The lowest BCUT2D eigenvalue weighted by Gasteiger charge is -2.34. The molecule has 4 nitrogen and oxygen atoms in total. The molecule has 1 unspecified atom stereocenters. The predicted octanol–water partition coefficient (Wildman–Crippen LogP) is 1.54. The van der Waals surface area contributed by atoms with Gasteiger partial charge in [0.1, 0.15) is 0 Å². The van der Waals surface area contributed by atoms with Gasteiger partial charge in [-0.3, -0.25) is 4.90 Å². The van der Waals surface area contributed by atoms with Gasteiger partial charge in [-0.25, -0.2) is 0 Å². The van der Waals surface area contributed by atoms with Crippen molar-refractivity contribution in [1.29, 1.82) is 0 Å². The van der Waals surface area contributed by atoms with E-state index < -0.39 is 12.6 Å². The summed E-state index contributed by atoms with van der Waals surface area (Å²) in [6, 6.07) is -0.360. The zero-order valence-electron chi connectivity index (χ0n) is 8.87. The van der Waals surface area contributed by atoms with E-state index >= 15 is 0 Å². The van der Waals surface area contributed by atoms with Crippen molar-refractivity contribution in [3.05, 3.63) is 0 Å². The summed E-state index contributed by atoms with van der Waals surface area (Å²) in [5.74, 6) is 0.00174. The molecule has 1 aliphatic rings. The highest BCUT2D eigenvalue weighted by atomic mass is 19.4. The molecule has 0 radical (unpaired) electrons. The van der Waals surface area contributed by atoms with Crippen LogP contribution in [-0.2, 0) is 0 Å². The van der Waals surface area contributed by atoms with E-state index in [1.54, 1.807) is 4.90 Å². The lowest BCUT2D eigenvalue weighted by Crippen LogP contribution is -2.48. The smallest absolute Gasteiger partial charge is 0.390 e. The number of halogens is 3. The van der Waals surface area contributed by atoms with Gasteiger partial charge < -0.3 is 10.9 Å². The number of hydrogen-bond acceptors (Lipinski definition) is 3. The molecule has 1 fully saturated rings. The van der Waals surface area contributed by atoms with Crippen LogP contribution >= 0.6 is 0 Å². The van der Waals surface area contributed by atoms with Crippen molar-refractivity contribution in [1.82, 2.24) is 4.90 Å². The molecule has 1 heterocycles. The molecular weight excluding hydrogens is 223 g/mol. The SMILES string of the molecule is NC(=NO)C1CCCCN1CCC(F)(F)F. The minimum Gasteiger partial charge on any atom is -0.409 e. The highest BCUT2D eigenvalue weighted by Crippen LogP contribution is 2.23. The van der Waals surface area contributed by atoms with E-state index in [1.165, 1.54) is 0 Å². The number of likely N-dealkylation sites (tertiary alicyclic amines) is 1. The van der Waals surface area contributed by atoms with Crippen LogP contribution in [0.3, 0.4) is 0 Å². The lowest BCUT2D eigenvalue weighted by molar-refractivity contribution is -0.139. The van der Waals surface area contributed by atoms with Crippen molar-refractivity contribution >= 4 is 5.84 Å². The third kappa shape index (κ3) is 3.88. The lowest BCUT2D eigenvalue weighted by atomic mass is 10.0. The average Bonchev–Trinajstić information content (AvgIpc) is 2.25. The number of rotatable bonds is 3. The molecule has 94 valence electrons. The van der Waals surface area contributed by atoms with Crippen molar-refractivity contribution in [2.75, 3.05) is 13.1 Å². The molecule has 0 bridgehead atoms. The van der Waals surface area contributed by atoms with Gasteiger partial charge in [-0.15, -0.1) is 0 Å². The Morgan fingerprint density at radius 1 is 1.44 bits per heavy atom. The van der Waals surface area contributed by atoms with Gasteiger partial charge in [0.05, 0.1) is 12.5 Å². The molecule has 0 amide bonds. The fourth-order valence-electron chi connectivity index (χ4n) is 1.93. The monoisotopic (exact) mass is 239 g/mol. The second kappa shape index (κ2) is 5.38. The number of alkyl halides is 3. The number of oxime groups is 1. The fourth-order valence-corrected chi connectivity index (χ4v) is 1.93. The Bertz CT molecular complexity index is 255. The molecule has 0 spiro atoms. The second-order valence-electron chi connectivity index (χ2n) is 3.94. The Balaban J connectivity index is 2.54. The summed E-state index contributed by atoms with van der Waals surface area (Å²) >= 11 is 0. The van der Waals surface area contributed by atoms with Crippen LogP contribution in [0.25, 0.3) is 0 Å².